The minimum atomic E-state index is -0.747. The third kappa shape index (κ3) is 3.64. The van der Waals surface area contributed by atoms with Gasteiger partial charge in [0.05, 0.1) is 22.9 Å². The van der Waals surface area contributed by atoms with Crippen LogP contribution >= 0.6 is 54.8 Å². The number of halogens is 3. The predicted molar refractivity (Wildman–Crippen MR) is 89.6 cm³/mol. The Morgan fingerprint density at radius 1 is 1.45 bits per heavy atom. The maximum absolute atomic E-state index is 10.6. The van der Waals surface area contributed by atoms with E-state index in [0.29, 0.717) is 10.9 Å². The van der Waals surface area contributed by atoms with Crippen molar-refractivity contribution in [1.29, 1.82) is 0 Å². The molecule has 0 aliphatic rings. The van der Waals surface area contributed by atoms with Crippen LogP contribution in [0.2, 0.25) is 4.34 Å². The number of nitrogens with zero attached hydrogens (tertiary/aromatic N) is 3. The molecule has 2 rings (SSSR count). The van der Waals surface area contributed by atoms with Crippen LogP contribution < -0.4 is 0 Å². The number of aromatic nitrogens is 2. The van der Waals surface area contributed by atoms with Gasteiger partial charge in [-0.3, -0.25) is 4.68 Å². The molecule has 110 valence electrons. The van der Waals surface area contributed by atoms with Crippen LogP contribution in [-0.4, -0.2) is 40.4 Å². The number of rotatable bonds is 5. The number of thiophene rings is 1. The Bertz CT molecular complexity index is 580. The second-order valence-electron chi connectivity index (χ2n) is 4.58. The predicted octanol–water partition coefficient (Wildman–Crippen LogP) is 3.77. The minimum absolute atomic E-state index is 0.634. The minimum Gasteiger partial charge on any atom is -0.381 e. The van der Waals surface area contributed by atoms with Crippen LogP contribution in [0.4, 0.5) is 0 Å². The van der Waals surface area contributed by atoms with E-state index in [1.807, 2.05) is 24.8 Å². The third-order valence-electron chi connectivity index (χ3n) is 2.78. The van der Waals surface area contributed by atoms with E-state index in [0.717, 1.165) is 26.1 Å². The molecule has 0 aromatic carbocycles. The van der Waals surface area contributed by atoms with Gasteiger partial charge in [-0.25, -0.2) is 0 Å². The molecule has 1 N–H and O–H groups in total. The van der Waals surface area contributed by atoms with E-state index in [9.17, 15) is 5.11 Å². The summed E-state index contributed by atoms with van der Waals surface area (Å²) in [5.41, 5.74) is 0.747. The second-order valence-corrected chi connectivity index (χ2v) is 7.97. The smallest absolute Gasteiger partial charge is 0.131 e. The lowest BCUT2D eigenvalue weighted by molar-refractivity contribution is 0.208. The van der Waals surface area contributed by atoms with Crippen LogP contribution in [0.1, 0.15) is 16.7 Å². The Morgan fingerprint density at radius 3 is 2.70 bits per heavy atom. The van der Waals surface area contributed by atoms with Gasteiger partial charge in [0.15, 0.2) is 0 Å². The van der Waals surface area contributed by atoms with Gasteiger partial charge in [-0.2, -0.15) is 5.10 Å². The number of likely N-dealkylation sites (N-methyl/N-ethyl adjacent to an activating group) is 1. The molecule has 0 aliphatic carbocycles. The maximum Gasteiger partial charge on any atom is 0.131 e. The largest absolute Gasteiger partial charge is 0.381 e. The quantitative estimate of drug-likeness (QED) is 0.765. The molecule has 2 heterocycles. The Balaban J connectivity index is 2.29. The van der Waals surface area contributed by atoms with Crippen molar-refractivity contribution >= 4 is 54.8 Å². The summed E-state index contributed by atoms with van der Waals surface area (Å²) in [6.07, 6.45) is 0.959. The number of aliphatic hydroxyl groups excluding tert-OH is 1. The molecule has 0 fully saturated rings. The zero-order valence-corrected chi connectivity index (χ0v) is 15.7. The van der Waals surface area contributed by atoms with Crippen molar-refractivity contribution in [3.63, 3.8) is 0 Å². The van der Waals surface area contributed by atoms with Gasteiger partial charge in [0, 0.05) is 15.9 Å². The van der Waals surface area contributed by atoms with Gasteiger partial charge in [-0.1, -0.05) is 11.6 Å². The summed E-state index contributed by atoms with van der Waals surface area (Å²) in [6, 6.07) is 1.84. The Kier molecular flexibility index (Phi) is 5.67. The Morgan fingerprint density at radius 2 is 2.15 bits per heavy atom. The summed E-state index contributed by atoms with van der Waals surface area (Å²) >= 11 is 14.2. The lowest BCUT2D eigenvalue weighted by atomic mass is 10.2. The highest BCUT2D eigenvalue weighted by atomic mass is 79.9. The van der Waals surface area contributed by atoms with Crippen molar-refractivity contribution in [2.75, 3.05) is 20.6 Å². The van der Waals surface area contributed by atoms with E-state index in [1.54, 1.807) is 6.20 Å². The lowest BCUT2D eigenvalue weighted by Gasteiger charge is -2.15. The number of aliphatic hydroxyl groups is 1. The van der Waals surface area contributed by atoms with Gasteiger partial charge in [0.2, 0.25) is 0 Å². The summed E-state index contributed by atoms with van der Waals surface area (Å²) in [5.74, 6) is 0. The van der Waals surface area contributed by atoms with Crippen molar-refractivity contribution in [3.8, 4) is 0 Å². The topological polar surface area (TPSA) is 41.3 Å². The first kappa shape index (κ1) is 16.5. The van der Waals surface area contributed by atoms with Crippen molar-refractivity contribution in [2.45, 2.75) is 12.6 Å². The summed E-state index contributed by atoms with van der Waals surface area (Å²) in [5, 5.41) is 14.9. The molecule has 0 saturated carbocycles. The van der Waals surface area contributed by atoms with Crippen molar-refractivity contribution in [2.24, 2.45) is 0 Å². The first-order chi connectivity index (χ1) is 9.40. The van der Waals surface area contributed by atoms with E-state index in [2.05, 4.69) is 41.9 Å². The van der Waals surface area contributed by atoms with Gasteiger partial charge in [-0.05, 0) is 52.0 Å². The summed E-state index contributed by atoms with van der Waals surface area (Å²) in [4.78, 5) is 2.86. The second kappa shape index (κ2) is 6.89. The molecule has 0 radical (unpaired) electrons. The van der Waals surface area contributed by atoms with Gasteiger partial charge < -0.3 is 10.0 Å². The van der Waals surface area contributed by atoms with Crippen LogP contribution in [-0.2, 0) is 6.54 Å². The molecular weight excluding hydrogens is 429 g/mol. The van der Waals surface area contributed by atoms with Crippen molar-refractivity contribution < 1.29 is 5.11 Å². The molecular formula is C12H14Br2ClN3OS. The Labute approximate surface area is 143 Å². The van der Waals surface area contributed by atoms with Crippen molar-refractivity contribution in [1.82, 2.24) is 14.7 Å². The molecule has 1 atom stereocenters. The highest BCUT2D eigenvalue weighted by Gasteiger charge is 2.22. The van der Waals surface area contributed by atoms with E-state index < -0.39 is 6.10 Å². The molecule has 0 spiro atoms. The highest BCUT2D eigenvalue weighted by Crippen LogP contribution is 2.38. The van der Waals surface area contributed by atoms with Gasteiger partial charge in [0.1, 0.15) is 10.4 Å². The van der Waals surface area contributed by atoms with Gasteiger partial charge >= 0.3 is 0 Å². The molecule has 0 aliphatic heterocycles. The highest BCUT2D eigenvalue weighted by molar-refractivity contribution is 9.10. The molecule has 0 saturated heterocycles. The first-order valence-electron chi connectivity index (χ1n) is 5.89. The molecule has 2 aromatic rings. The average Bonchev–Trinajstić information content (AvgIpc) is 2.90. The maximum atomic E-state index is 10.6. The standard InChI is InChI=1S/C12H14Br2ClN3OS/c1-17(2)3-4-18-10(8(14)6-16-18)11(19)9-5-7(13)12(15)20-9/h5-6,11,19H,3-4H2,1-2H3. The molecule has 1 unspecified atom stereocenters. The molecule has 8 heteroatoms. The summed E-state index contributed by atoms with van der Waals surface area (Å²) < 4.78 is 4.05. The van der Waals surface area contributed by atoms with E-state index in [4.69, 9.17) is 11.6 Å². The SMILES string of the molecule is CN(C)CCn1ncc(Br)c1C(O)c1cc(Br)c(Cl)s1. The van der Waals surface area contributed by atoms with Gasteiger partial charge in [-0.15, -0.1) is 11.3 Å². The van der Waals surface area contributed by atoms with Crippen LogP contribution in [0.15, 0.2) is 21.2 Å². The van der Waals surface area contributed by atoms with Crippen LogP contribution in [0.25, 0.3) is 0 Å². The normalized spacial score (nSPS) is 13.2. The molecule has 2 aromatic heterocycles. The fourth-order valence-corrected chi connectivity index (χ4v) is 3.99. The molecule has 20 heavy (non-hydrogen) atoms. The van der Waals surface area contributed by atoms with Crippen LogP contribution in [0.5, 0.6) is 0 Å². The van der Waals surface area contributed by atoms with E-state index in [-0.39, 0.29) is 0 Å². The molecule has 4 nitrogen and oxygen atoms in total. The molecule has 0 amide bonds. The Hall–Kier alpha value is 0.0800. The van der Waals surface area contributed by atoms with E-state index >= 15 is 0 Å². The van der Waals surface area contributed by atoms with Crippen LogP contribution in [0, 0.1) is 0 Å². The van der Waals surface area contributed by atoms with E-state index in [1.165, 1.54) is 11.3 Å². The summed E-state index contributed by atoms with van der Waals surface area (Å²) in [6.45, 7) is 1.56. The number of hydrogen-bond acceptors (Lipinski definition) is 4. The van der Waals surface area contributed by atoms with Gasteiger partial charge in [0.25, 0.3) is 0 Å². The average molecular weight is 444 g/mol. The zero-order chi connectivity index (χ0) is 14.9. The monoisotopic (exact) mass is 441 g/mol. The number of hydrogen-bond donors (Lipinski definition) is 1. The third-order valence-corrected chi connectivity index (χ3v) is 5.92. The van der Waals surface area contributed by atoms with Crippen LogP contribution in [0.3, 0.4) is 0 Å². The fourth-order valence-electron chi connectivity index (χ4n) is 1.75. The first-order valence-corrected chi connectivity index (χ1v) is 8.67. The summed E-state index contributed by atoms with van der Waals surface area (Å²) in [7, 11) is 4.01. The van der Waals surface area contributed by atoms with Crippen molar-refractivity contribution in [3.05, 3.63) is 36.1 Å². The fraction of sp³-hybridized carbons (Fsp3) is 0.417. The zero-order valence-electron chi connectivity index (χ0n) is 11.0. The lowest BCUT2D eigenvalue weighted by Crippen LogP contribution is -2.21. The molecule has 0 bridgehead atoms.